The molecule has 3 saturated carbocycles. The first-order valence-corrected chi connectivity index (χ1v) is 7.61. The van der Waals surface area contributed by atoms with Gasteiger partial charge in [-0.05, 0) is 70.6 Å². The zero-order valence-electron chi connectivity index (χ0n) is 12.2. The summed E-state index contributed by atoms with van der Waals surface area (Å²) in [6, 6.07) is 0. The molecule has 5 unspecified atom stereocenters. The van der Waals surface area contributed by atoms with E-state index in [9.17, 15) is 4.79 Å². The quantitative estimate of drug-likeness (QED) is 0.697. The lowest BCUT2D eigenvalue weighted by molar-refractivity contribution is -0.184. The zero-order valence-corrected chi connectivity index (χ0v) is 12.2. The van der Waals surface area contributed by atoms with Gasteiger partial charge in [0.05, 0.1) is 5.41 Å². The molecular formula is C16H26O2. The molecule has 0 heterocycles. The van der Waals surface area contributed by atoms with Gasteiger partial charge < -0.3 is 4.74 Å². The van der Waals surface area contributed by atoms with Gasteiger partial charge in [0.2, 0.25) is 0 Å². The second-order valence-electron chi connectivity index (χ2n) is 7.77. The number of carbonyl (C=O) groups excluding carboxylic acids is 1. The van der Waals surface area contributed by atoms with E-state index in [1.165, 1.54) is 19.3 Å². The lowest BCUT2D eigenvalue weighted by Crippen LogP contribution is -2.50. The number of fused-ring (bicyclic) bond motifs is 5. The van der Waals surface area contributed by atoms with Crippen molar-refractivity contribution in [3.8, 4) is 0 Å². The predicted octanol–water partition coefficient (Wildman–Crippen LogP) is 3.79. The summed E-state index contributed by atoms with van der Waals surface area (Å²) in [5, 5.41) is 0. The summed E-state index contributed by atoms with van der Waals surface area (Å²) in [5.41, 5.74) is -0.486. The molecular weight excluding hydrogens is 224 g/mol. The van der Waals surface area contributed by atoms with E-state index in [4.69, 9.17) is 4.74 Å². The predicted molar refractivity (Wildman–Crippen MR) is 71.0 cm³/mol. The highest BCUT2D eigenvalue weighted by molar-refractivity contribution is 5.76. The lowest BCUT2D eigenvalue weighted by Gasteiger charge is -2.49. The Labute approximate surface area is 110 Å². The largest absolute Gasteiger partial charge is 0.458 e. The number of hydrogen-bond donors (Lipinski definition) is 0. The first-order valence-electron chi connectivity index (χ1n) is 7.61. The third-order valence-electron chi connectivity index (χ3n) is 5.85. The Kier molecular flexibility index (Phi) is 2.60. The van der Waals surface area contributed by atoms with E-state index in [2.05, 4.69) is 6.92 Å². The molecule has 0 spiro atoms. The normalized spacial score (nSPS) is 45.6. The van der Waals surface area contributed by atoms with Crippen molar-refractivity contribution in [2.45, 2.75) is 65.4 Å². The highest BCUT2D eigenvalue weighted by atomic mass is 16.6. The van der Waals surface area contributed by atoms with Crippen LogP contribution in [0.15, 0.2) is 0 Å². The number of hydrogen-bond acceptors (Lipinski definition) is 2. The number of esters is 1. The van der Waals surface area contributed by atoms with Crippen molar-refractivity contribution >= 4 is 5.97 Å². The maximum Gasteiger partial charge on any atom is 0.311 e. The first kappa shape index (κ1) is 12.5. The summed E-state index contributed by atoms with van der Waals surface area (Å²) >= 11 is 0. The molecule has 3 rings (SSSR count). The van der Waals surface area contributed by atoms with Crippen LogP contribution >= 0.6 is 0 Å². The van der Waals surface area contributed by atoms with E-state index >= 15 is 0 Å². The average molecular weight is 250 g/mol. The maximum absolute atomic E-state index is 12.2. The Morgan fingerprint density at radius 3 is 2.39 bits per heavy atom. The van der Waals surface area contributed by atoms with Gasteiger partial charge in [-0.2, -0.15) is 0 Å². The van der Waals surface area contributed by atoms with Gasteiger partial charge in [-0.25, -0.2) is 0 Å². The highest BCUT2D eigenvalue weighted by Gasteiger charge is 2.63. The summed E-state index contributed by atoms with van der Waals surface area (Å²) in [7, 11) is 0. The Bertz CT molecular complexity index is 366. The molecule has 0 aromatic rings. The SMILES string of the molecule is CCC1(OC(=O)C(C)(C)C)CC2CC1C1CCC21. The van der Waals surface area contributed by atoms with E-state index in [0.717, 1.165) is 30.6 Å². The van der Waals surface area contributed by atoms with E-state index in [0.29, 0.717) is 5.92 Å². The molecule has 3 aliphatic carbocycles. The van der Waals surface area contributed by atoms with Crippen molar-refractivity contribution in [1.82, 2.24) is 0 Å². The van der Waals surface area contributed by atoms with E-state index < -0.39 is 0 Å². The minimum Gasteiger partial charge on any atom is -0.458 e. The van der Waals surface area contributed by atoms with Gasteiger partial charge in [0.1, 0.15) is 5.60 Å². The van der Waals surface area contributed by atoms with E-state index in [1.54, 1.807) is 0 Å². The van der Waals surface area contributed by atoms with Crippen LogP contribution in [0, 0.1) is 29.1 Å². The molecule has 0 aliphatic heterocycles. The molecule has 2 bridgehead atoms. The molecule has 2 heteroatoms. The van der Waals surface area contributed by atoms with Crippen LogP contribution < -0.4 is 0 Å². The van der Waals surface area contributed by atoms with Crippen LogP contribution in [-0.2, 0) is 9.53 Å². The van der Waals surface area contributed by atoms with Crippen molar-refractivity contribution in [1.29, 1.82) is 0 Å². The third kappa shape index (κ3) is 1.57. The van der Waals surface area contributed by atoms with Crippen LogP contribution in [0.25, 0.3) is 0 Å². The standard InChI is InChI=1S/C16H26O2/c1-5-16(18-14(17)15(2,3)4)9-10-8-13(16)12-7-6-11(10)12/h10-13H,5-9H2,1-4H3. The molecule has 2 nitrogen and oxygen atoms in total. The van der Waals surface area contributed by atoms with Crippen LogP contribution in [0.2, 0.25) is 0 Å². The molecule has 0 radical (unpaired) electrons. The van der Waals surface area contributed by atoms with Gasteiger partial charge in [0.25, 0.3) is 0 Å². The maximum atomic E-state index is 12.2. The summed E-state index contributed by atoms with van der Waals surface area (Å²) in [4.78, 5) is 12.2. The molecule has 3 fully saturated rings. The van der Waals surface area contributed by atoms with Gasteiger partial charge in [-0.3, -0.25) is 4.79 Å². The van der Waals surface area contributed by atoms with Gasteiger partial charge >= 0.3 is 5.97 Å². The Balaban J connectivity index is 1.79. The Morgan fingerprint density at radius 1 is 1.28 bits per heavy atom. The van der Waals surface area contributed by atoms with Crippen molar-refractivity contribution in [2.24, 2.45) is 29.1 Å². The number of ether oxygens (including phenoxy) is 1. The molecule has 0 aromatic heterocycles. The molecule has 0 amide bonds. The zero-order chi connectivity index (χ0) is 13.1. The molecule has 18 heavy (non-hydrogen) atoms. The topological polar surface area (TPSA) is 26.3 Å². The summed E-state index contributed by atoms with van der Waals surface area (Å²) in [5.74, 6) is 3.35. The number of carbonyl (C=O) groups is 1. The fourth-order valence-electron chi connectivity index (χ4n) is 4.68. The average Bonchev–Trinajstić information content (AvgIpc) is 2.65. The summed E-state index contributed by atoms with van der Waals surface area (Å²) in [6.45, 7) is 8.07. The van der Waals surface area contributed by atoms with Crippen molar-refractivity contribution < 1.29 is 9.53 Å². The van der Waals surface area contributed by atoms with Crippen molar-refractivity contribution in [2.75, 3.05) is 0 Å². The fourth-order valence-corrected chi connectivity index (χ4v) is 4.68. The molecule has 0 N–H and O–H groups in total. The van der Waals surface area contributed by atoms with Crippen LogP contribution in [0.4, 0.5) is 0 Å². The Morgan fingerprint density at radius 2 is 1.94 bits per heavy atom. The van der Waals surface area contributed by atoms with Crippen LogP contribution in [0.5, 0.6) is 0 Å². The first-order chi connectivity index (χ1) is 8.37. The van der Waals surface area contributed by atoms with Gasteiger partial charge in [0.15, 0.2) is 0 Å². The van der Waals surface area contributed by atoms with E-state index in [-0.39, 0.29) is 17.0 Å². The van der Waals surface area contributed by atoms with Crippen LogP contribution in [0.1, 0.15) is 59.8 Å². The molecule has 102 valence electrons. The van der Waals surface area contributed by atoms with Crippen molar-refractivity contribution in [3.05, 3.63) is 0 Å². The second-order valence-corrected chi connectivity index (χ2v) is 7.77. The second kappa shape index (κ2) is 3.74. The van der Waals surface area contributed by atoms with E-state index in [1.807, 2.05) is 20.8 Å². The molecule has 3 aliphatic rings. The Hall–Kier alpha value is -0.530. The highest BCUT2D eigenvalue weighted by Crippen LogP contribution is 2.66. The van der Waals surface area contributed by atoms with Crippen molar-refractivity contribution in [3.63, 3.8) is 0 Å². The minimum atomic E-state index is -0.372. The summed E-state index contributed by atoms with van der Waals surface area (Å²) in [6.07, 6.45) is 6.26. The number of rotatable bonds is 2. The lowest BCUT2D eigenvalue weighted by atomic mass is 9.60. The smallest absolute Gasteiger partial charge is 0.311 e. The minimum absolute atomic E-state index is 0.00669. The third-order valence-corrected chi connectivity index (χ3v) is 5.85. The molecule has 0 saturated heterocycles. The van der Waals surface area contributed by atoms with Crippen LogP contribution in [-0.4, -0.2) is 11.6 Å². The van der Waals surface area contributed by atoms with Gasteiger partial charge in [-0.1, -0.05) is 6.92 Å². The monoisotopic (exact) mass is 250 g/mol. The molecule has 5 atom stereocenters. The fraction of sp³-hybridized carbons (Fsp3) is 0.938. The summed E-state index contributed by atoms with van der Waals surface area (Å²) < 4.78 is 6.06. The van der Waals surface area contributed by atoms with Gasteiger partial charge in [-0.15, -0.1) is 0 Å². The molecule has 0 aromatic carbocycles. The van der Waals surface area contributed by atoms with Gasteiger partial charge in [0, 0.05) is 5.92 Å². The van der Waals surface area contributed by atoms with Crippen LogP contribution in [0.3, 0.4) is 0 Å².